The summed E-state index contributed by atoms with van der Waals surface area (Å²) in [6.45, 7) is 0.0781. The fourth-order valence-corrected chi connectivity index (χ4v) is 2.01. The van der Waals surface area contributed by atoms with Crippen molar-refractivity contribution in [3.8, 4) is 17.6 Å². The summed E-state index contributed by atoms with van der Waals surface area (Å²) in [7, 11) is 2.96. The quantitative estimate of drug-likeness (QED) is 0.794. The van der Waals surface area contributed by atoms with Gasteiger partial charge in [0.1, 0.15) is 12.2 Å². The minimum atomic E-state index is -0.516. The molecule has 0 saturated carbocycles. The number of esters is 1. The summed E-state index contributed by atoms with van der Waals surface area (Å²) >= 11 is 0. The topological polar surface area (TPSA) is 68.5 Å². The van der Waals surface area contributed by atoms with Crippen LogP contribution in [0.2, 0.25) is 0 Å². The van der Waals surface area contributed by atoms with Crippen molar-refractivity contribution in [2.45, 2.75) is 6.61 Å². The van der Waals surface area contributed by atoms with E-state index < -0.39 is 5.97 Å². The third-order valence-electron chi connectivity index (χ3n) is 3.05. The smallest absolute Gasteiger partial charge is 0.342 e. The molecule has 0 aliphatic rings. The number of carbonyl (C=O) groups is 1. The normalized spacial score (nSPS) is 9.68. The fraction of sp³-hybridized carbons (Fsp3) is 0.176. The zero-order valence-corrected chi connectivity index (χ0v) is 12.3. The van der Waals surface area contributed by atoms with E-state index in [2.05, 4.69) is 0 Å². The van der Waals surface area contributed by atoms with Gasteiger partial charge in [0.15, 0.2) is 11.5 Å². The standard InChI is InChI=1S/C17H15NO4/c1-20-15-8-4-7-14(16(15)21-2)17(19)22-11-13-6-3-5-12(9-13)10-18/h3-9H,11H2,1-2H3. The number of nitriles is 1. The summed E-state index contributed by atoms with van der Waals surface area (Å²) in [6.07, 6.45) is 0. The van der Waals surface area contributed by atoms with Gasteiger partial charge in [-0.2, -0.15) is 5.26 Å². The minimum Gasteiger partial charge on any atom is -0.493 e. The maximum absolute atomic E-state index is 12.2. The van der Waals surface area contributed by atoms with Crippen LogP contribution in [0.3, 0.4) is 0 Å². The number of rotatable bonds is 5. The van der Waals surface area contributed by atoms with Gasteiger partial charge in [-0.25, -0.2) is 4.79 Å². The Morgan fingerprint density at radius 1 is 1.14 bits per heavy atom. The summed E-state index contributed by atoms with van der Waals surface area (Å²) in [6, 6.07) is 13.9. The van der Waals surface area contributed by atoms with Gasteiger partial charge < -0.3 is 14.2 Å². The highest BCUT2D eigenvalue weighted by atomic mass is 16.5. The van der Waals surface area contributed by atoms with Crippen molar-refractivity contribution in [2.75, 3.05) is 14.2 Å². The first-order valence-corrected chi connectivity index (χ1v) is 6.56. The SMILES string of the molecule is COc1cccc(C(=O)OCc2cccc(C#N)c2)c1OC. The predicted octanol–water partition coefficient (Wildman–Crippen LogP) is 2.93. The first-order valence-electron chi connectivity index (χ1n) is 6.56. The number of nitrogens with zero attached hydrogens (tertiary/aromatic N) is 1. The van der Waals surface area contributed by atoms with Crippen LogP contribution in [0.15, 0.2) is 42.5 Å². The molecule has 0 bridgehead atoms. The zero-order chi connectivity index (χ0) is 15.9. The molecular formula is C17H15NO4. The predicted molar refractivity (Wildman–Crippen MR) is 79.8 cm³/mol. The fourth-order valence-electron chi connectivity index (χ4n) is 2.01. The van der Waals surface area contributed by atoms with E-state index in [-0.39, 0.29) is 6.61 Å². The molecule has 2 rings (SSSR count). The maximum atomic E-state index is 12.2. The largest absolute Gasteiger partial charge is 0.493 e. The number of para-hydroxylation sites is 1. The van der Waals surface area contributed by atoms with Crippen LogP contribution in [-0.2, 0) is 11.3 Å². The number of benzene rings is 2. The van der Waals surface area contributed by atoms with Crippen molar-refractivity contribution in [2.24, 2.45) is 0 Å². The van der Waals surface area contributed by atoms with Gasteiger partial charge in [-0.05, 0) is 29.8 Å². The van der Waals surface area contributed by atoms with Crippen LogP contribution < -0.4 is 9.47 Å². The number of methoxy groups -OCH3 is 2. The molecule has 0 aliphatic carbocycles. The lowest BCUT2D eigenvalue weighted by Crippen LogP contribution is -2.08. The Kier molecular flexibility index (Phi) is 4.99. The second kappa shape index (κ2) is 7.14. The lowest BCUT2D eigenvalue weighted by Gasteiger charge is -2.12. The molecule has 2 aromatic rings. The van der Waals surface area contributed by atoms with Gasteiger partial charge in [0.05, 0.1) is 25.9 Å². The molecule has 0 heterocycles. The van der Waals surface area contributed by atoms with Crippen LogP contribution in [0.4, 0.5) is 0 Å². The van der Waals surface area contributed by atoms with Crippen molar-refractivity contribution in [1.29, 1.82) is 5.26 Å². The molecule has 0 radical (unpaired) electrons. The maximum Gasteiger partial charge on any atom is 0.342 e. The Morgan fingerprint density at radius 2 is 1.91 bits per heavy atom. The van der Waals surface area contributed by atoms with Gasteiger partial charge in [0.25, 0.3) is 0 Å². The Hall–Kier alpha value is -3.00. The summed E-state index contributed by atoms with van der Waals surface area (Å²) in [5.41, 5.74) is 1.56. The Labute approximate surface area is 128 Å². The Bertz CT molecular complexity index is 719. The molecule has 0 aromatic heterocycles. The van der Waals surface area contributed by atoms with Gasteiger partial charge in [0.2, 0.25) is 0 Å². The van der Waals surface area contributed by atoms with Gasteiger partial charge in [-0.15, -0.1) is 0 Å². The number of hydrogen-bond donors (Lipinski definition) is 0. The molecule has 0 fully saturated rings. The van der Waals surface area contributed by atoms with E-state index in [0.29, 0.717) is 22.6 Å². The molecule has 0 aliphatic heterocycles. The molecule has 0 spiro atoms. The van der Waals surface area contributed by atoms with Crippen LogP contribution in [-0.4, -0.2) is 20.2 Å². The number of ether oxygens (including phenoxy) is 3. The highest BCUT2D eigenvalue weighted by Gasteiger charge is 2.17. The van der Waals surface area contributed by atoms with E-state index in [1.807, 2.05) is 6.07 Å². The molecule has 5 nitrogen and oxygen atoms in total. The molecule has 0 N–H and O–H groups in total. The molecular weight excluding hydrogens is 282 g/mol. The molecule has 22 heavy (non-hydrogen) atoms. The average molecular weight is 297 g/mol. The number of carbonyl (C=O) groups excluding carboxylic acids is 1. The van der Waals surface area contributed by atoms with Gasteiger partial charge in [-0.3, -0.25) is 0 Å². The Morgan fingerprint density at radius 3 is 2.59 bits per heavy atom. The lowest BCUT2D eigenvalue weighted by molar-refractivity contribution is 0.0468. The molecule has 112 valence electrons. The number of hydrogen-bond acceptors (Lipinski definition) is 5. The first-order chi connectivity index (χ1) is 10.7. The minimum absolute atomic E-state index is 0.0781. The van der Waals surface area contributed by atoms with E-state index >= 15 is 0 Å². The van der Waals surface area contributed by atoms with E-state index in [0.717, 1.165) is 5.56 Å². The zero-order valence-electron chi connectivity index (χ0n) is 12.3. The molecule has 0 amide bonds. The van der Waals surface area contributed by atoms with Crippen LogP contribution in [0.1, 0.15) is 21.5 Å². The summed E-state index contributed by atoms with van der Waals surface area (Å²) in [5, 5.41) is 8.86. The van der Waals surface area contributed by atoms with Crippen molar-refractivity contribution < 1.29 is 19.0 Å². The molecule has 2 aromatic carbocycles. The van der Waals surface area contributed by atoms with E-state index in [1.54, 1.807) is 42.5 Å². The van der Waals surface area contributed by atoms with E-state index in [1.165, 1.54) is 14.2 Å². The summed E-state index contributed by atoms with van der Waals surface area (Å²) < 4.78 is 15.6. The highest BCUT2D eigenvalue weighted by Crippen LogP contribution is 2.31. The van der Waals surface area contributed by atoms with Crippen LogP contribution in [0.5, 0.6) is 11.5 Å². The lowest BCUT2D eigenvalue weighted by atomic mass is 10.1. The van der Waals surface area contributed by atoms with Crippen molar-refractivity contribution in [3.05, 3.63) is 59.2 Å². The van der Waals surface area contributed by atoms with Crippen LogP contribution >= 0.6 is 0 Å². The van der Waals surface area contributed by atoms with Gasteiger partial charge >= 0.3 is 5.97 Å². The van der Waals surface area contributed by atoms with E-state index in [4.69, 9.17) is 19.5 Å². The third-order valence-corrected chi connectivity index (χ3v) is 3.05. The van der Waals surface area contributed by atoms with Crippen LogP contribution in [0, 0.1) is 11.3 Å². The summed E-state index contributed by atoms with van der Waals surface area (Å²) in [4.78, 5) is 12.2. The van der Waals surface area contributed by atoms with E-state index in [9.17, 15) is 4.79 Å². The second-order valence-corrected chi connectivity index (χ2v) is 4.43. The monoisotopic (exact) mass is 297 g/mol. The van der Waals surface area contributed by atoms with Crippen molar-refractivity contribution in [1.82, 2.24) is 0 Å². The molecule has 0 atom stereocenters. The van der Waals surface area contributed by atoms with Gasteiger partial charge in [-0.1, -0.05) is 18.2 Å². The highest BCUT2D eigenvalue weighted by molar-refractivity contribution is 5.93. The first kappa shape index (κ1) is 15.4. The average Bonchev–Trinajstić information content (AvgIpc) is 2.58. The van der Waals surface area contributed by atoms with Crippen molar-refractivity contribution >= 4 is 5.97 Å². The second-order valence-electron chi connectivity index (χ2n) is 4.43. The van der Waals surface area contributed by atoms with Crippen molar-refractivity contribution in [3.63, 3.8) is 0 Å². The molecule has 5 heteroatoms. The summed E-state index contributed by atoms with van der Waals surface area (Å²) in [5.74, 6) is 0.280. The van der Waals surface area contributed by atoms with Gasteiger partial charge in [0, 0.05) is 0 Å². The molecule has 0 saturated heterocycles. The molecule has 0 unspecified atom stereocenters. The van der Waals surface area contributed by atoms with Crippen LogP contribution in [0.25, 0.3) is 0 Å². The Balaban J connectivity index is 2.14. The third kappa shape index (κ3) is 3.36.